The molecule has 0 aromatic rings. The molecule has 73 valence electrons. The van der Waals surface area contributed by atoms with Gasteiger partial charge in [-0.3, -0.25) is 0 Å². The van der Waals surface area contributed by atoms with Gasteiger partial charge in [-0.1, -0.05) is 0 Å². The molecule has 2 heteroatoms. The molecule has 1 rings (SSSR count). The van der Waals surface area contributed by atoms with E-state index in [4.69, 9.17) is 9.47 Å². The number of hydrogen-bond acceptors (Lipinski definition) is 2. The Morgan fingerprint density at radius 3 is 2.69 bits per heavy atom. The summed E-state index contributed by atoms with van der Waals surface area (Å²) in [4.78, 5) is 0. The molecule has 0 bridgehead atoms. The van der Waals surface area contributed by atoms with Crippen LogP contribution in [-0.4, -0.2) is 18.8 Å². The van der Waals surface area contributed by atoms with E-state index in [2.05, 4.69) is 6.92 Å². The zero-order valence-corrected chi connectivity index (χ0v) is 8.38. The van der Waals surface area contributed by atoms with Crippen LogP contribution in [0, 0.1) is 6.92 Å². The summed E-state index contributed by atoms with van der Waals surface area (Å²) < 4.78 is 10.8. The van der Waals surface area contributed by atoms with Crippen molar-refractivity contribution < 1.29 is 9.47 Å². The molecule has 0 aromatic carbocycles. The first-order valence-corrected chi connectivity index (χ1v) is 4.71. The fourth-order valence-corrected chi connectivity index (χ4v) is 1.31. The first-order valence-electron chi connectivity index (χ1n) is 4.71. The van der Waals surface area contributed by atoms with E-state index in [9.17, 15) is 0 Å². The molecule has 1 aliphatic rings. The van der Waals surface area contributed by atoms with Gasteiger partial charge in [0, 0.05) is 13.0 Å². The van der Waals surface area contributed by atoms with Crippen LogP contribution in [0.2, 0.25) is 0 Å². The summed E-state index contributed by atoms with van der Waals surface area (Å²) in [6, 6.07) is 0. The molecular formula is C11H17O2. The minimum atomic E-state index is -0.380. The van der Waals surface area contributed by atoms with Crippen LogP contribution in [0.5, 0.6) is 0 Å². The van der Waals surface area contributed by atoms with E-state index in [1.807, 2.05) is 32.1 Å². The molecule has 1 aliphatic carbocycles. The smallest absolute Gasteiger partial charge is 0.115 e. The van der Waals surface area contributed by atoms with Gasteiger partial charge in [0.2, 0.25) is 0 Å². The summed E-state index contributed by atoms with van der Waals surface area (Å²) in [5.74, 6) is 0.918. The van der Waals surface area contributed by atoms with Gasteiger partial charge in [0.05, 0.1) is 12.2 Å². The molecule has 13 heavy (non-hydrogen) atoms. The van der Waals surface area contributed by atoms with Crippen LogP contribution < -0.4 is 0 Å². The van der Waals surface area contributed by atoms with Gasteiger partial charge in [0.1, 0.15) is 5.76 Å². The Morgan fingerprint density at radius 1 is 1.46 bits per heavy atom. The Bertz CT molecular complexity index is 218. The van der Waals surface area contributed by atoms with Crippen molar-refractivity contribution >= 4 is 0 Å². The highest BCUT2D eigenvalue weighted by Gasteiger charge is 2.22. The molecule has 0 spiro atoms. The van der Waals surface area contributed by atoms with Crippen LogP contribution in [0.15, 0.2) is 24.0 Å². The van der Waals surface area contributed by atoms with E-state index in [0.29, 0.717) is 13.2 Å². The highest BCUT2D eigenvalue weighted by Crippen LogP contribution is 2.24. The van der Waals surface area contributed by atoms with Crippen LogP contribution in [0.4, 0.5) is 0 Å². The second-order valence-corrected chi connectivity index (χ2v) is 3.07. The van der Waals surface area contributed by atoms with Crippen LogP contribution >= 0.6 is 0 Å². The minimum absolute atomic E-state index is 0.380. The lowest BCUT2D eigenvalue weighted by Crippen LogP contribution is -2.27. The average molecular weight is 181 g/mol. The maximum absolute atomic E-state index is 5.50. The fraction of sp³-hybridized carbons (Fsp3) is 0.545. The molecule has 0 saturated heterocycles. The van der Waals surface area contributed by atoms with E-state index >= 15 is 0 Å². The lowest BCUT2D eigenvalue weighted by atomic mass is 9.97. The fourth-order valence-electron chi connectivity index (χ4n) is 1.31. The molecule has 0 N–H and O–H groups in total. The Hall–Kier alpha value is -0.760. The predicted octanol–water partition coefficient (Wildman–Crippen LogP) is 2.48. The lowest BCUT2D eigenvalue weighted by molar-refractivity contribution is 0.0338. The molecule has 0 saturated carbocycles. The van der Waals surface area contributed by atoms with Gasteiger partial charge in [-0.05, 0) is 39.0 Å². The maximum Gasteiger partial charge on any atom is 0.115 e. The molecule has 0 aromatic heterocycles. The van der Waals surface area contributed by atoms with Crippen LogP contribution in [0.1, 0.15) is 20.3 Å². The SMILES string of the molecule is [CH2]C1(OCC)C=CC(OCC)=CC1. The van der Waals surface area contributed by atoms with Gasteiger partial charge in [-0.2, -0.15) is 0 Å². The van der Waals surface area contributed by atoms with Crippen molar-refractivity contribution in [3.63, 3.8) is 0 Å². The molecule has 0 heterocycles. The number of ether oxygens (including phenoxy) is 2. The molecule has 1 radical (unpaired) electrons. The Labute approximate surface area is 80.2 Å². The van der Waals surface area contributed by atoms with Crippen molar-refractivity contribution in [2.75, 3.05) is 13.2 Å². The first-order chi connectivity index (χ1) is 6.20. The third-order valence-corrected chi connectivity index (χ3v) is 1.94. The second-order valence-electron chi connectivity index (χ2n) is 3.07. The predicted molar refractivity (Wildman–Crippen MR) is 53.2 cm³/mol. The normalized spacial score (nSPS) is 27.2. The molecule has 0 amide bonds. The standard InChI is InChI=1S/C11H17O2/c1-4-12-10-6-8-11(3,9-7-10)13-5-2/h6-8H,3-5,9H2,1-2H3. The number of hydrogen-bond donors (Lipinski definition) is 0. The van der Waals surface area contributed by atoms with Gasteiger partial charge in [-0.25, -0.2) is 0 Å². The molecule has 2 nitrogen and oxygen atoms in total. The van der Waals surface area contributed by atoms with Gasteiger partial charge in [-0.15, -0.1) is 0 Å². The second kappa shape index (κ2) is 4.47. The Morgan fingerprint density at radius 2 is 2.23 bits per heavy atom. The minimum Gasteiger partial charge on any atom is -0.494 e. The molecule has 0 aliphatic heterocycles. The first kappa shape index (κ1) is 10.3. The van der Waals surface area contributed by atoms with E-state index in [1.165, 1.54) is 0 Å². The van der Waals surface area contributed by atoms with Crippen molar-refractivity contribution in [1.82, 2.24) is 0 Å². The van der Waals surface area contributed by atoms with E-state index in [0.717, 1.165) is 12.2 Å². The molecule has 0 fully saturated rings. The van der Waals surface area contributed by atoms with E-state index in [1.54, 1.807) is 0 Å². The monoisotopic (exact) mass is 181 g/mol. The highest BCUT2D eigenvalue weighted by atomic mass is 16.5. The summed E-state index contributed by atoms with van der Waals surface area (Å²) in [5.41, 5.74) is -0.380. The van der Waals surface area contributed by atoms with Gasteiger partial charge in [0.15, 0.2) is 0 Å². The van der Waals surface area contributed by atoms with Gasteiger partial charge >= 0.3 is 0 Å². The van der Waals surface area contributed by atoms with Crippen molar-refractivity contribution in [3.05, 3.63) is 30.9 Å². The van der Waals surface area contributed by atoms with Crippen LogP contribution in [0.25, 0.3) is 0 Å². The largest absolute Gasteiger partial charge is 0.494 e. The molecule has 1 unspecified atom stereocenters. The topological polar surface area (TPSA) is 18.5 Å². The molecular weight excluding hydrogens is 164 g/mol. The molecule has 1 atom stereocenters. The third kappa shape index (κ3) is 2.88. The van der Waals surface area contributed by atoms with Crippen molar-refractivity contribution in [1.29, 1.82) is 0 Å². The Balaban J connectivity index is 2.51. The van der Waals surface area contributed by atoms with Crippen molar-refractivity contribution in [3.8, 4) is 0 Å². The van der Waals surface area contributed by atoms with E-state index < -0.39 is 0 Å². The summed E-state index contributed by atoms with van der Waals surface area (Å²) >= 11 is 0. The summed E-state index contributed by atoms with van der Waals surface area (Å²) in [6.45, 7) is 9.34. The van der Waals surface area contributed by atoms with Gasteiger partial charge < -0.3 is 9.47 Å². The average Bonchev–Trinajstić information content (AvgIpc) is 2.10. The number of rotatable bonds is 4. The van der Waals surface area contributed by atoms with Crippen molar-refractivity contribution in [2.45, 2.75) is 25.9 Å². The van der Waals surface area contributed by atoms with E-state index in [-0.39, 0.29) is 5.60 Å². The van der Waals surface area contributed by atoms with Crippen molar-refractivity contribution in [2.24, 2.45) is 0 Å². The van der Waals surface area contributed by atoms with Gasteiger partial charge in [0.25, 0.3) is 0 Å². The maximum atomic E-state index is 5.50. The third-order valence-electron chi connectivity index (χ3n) is 1.94. The zero-order chi connectivity index (χ0) is 9.73. The quantitative estimate of drug-likeness (QED) is 0.663. The van der Waals surface area contributed by atoms with Crippen LogP contribution in [0.3, 0.4) is 0 Å². The Kier molecular flexibility index (Phi) is 3.55. The van der Waals surface area contributed by atoms with Crippen LogP contribution in [-0.2, 0) is 9.47 Å². The zero-order valence-electron chi connectivity index (χ0n) is 8.38. The highest BCUT2D eigenvalue weighted by molar-refractivity contribution is 5.24. The summed E-state index contributed by atoms with van der Waals surface area (Å²) in [5, 5.41) is 0. The summed E-state index contributed by atoms with van der Waals surface area (Å²) in [6.07, 6.45) is 6.69. The number of allylic oxidation sites excluding steroid dienone is 1. The summed E-state index contributed by atoms with van der Waals surface area (Å²) in [7, 11) is 0. The lowest BCUT2D eigenvalue weighted by Gasteiger charge is -2.27.